The molecule has 0 aliphatic carbocycles. The third kappa shape index (κ3) is 13.1. The van der Waals surface area contributed by atoms with E-state index >= 15 is 0 Å². The van der Waals surface area contributed by atoms with Crippen molar-refractivity contribution in [3.05, 3.63) is 0 Å². The SMILES string of the molecule is N=C(N)SCCSCC(CSC(=N)N)SCCS. The van der Waals surface area contributed by atoms with Crippen LogP contribution in [0.5, 0.6) is 0 Å². The van der Waals surface area contributed by atoms with Gasteiger partial charge in [-0.05, 0) is 5.75 Å². The van der Waals surface area contributed by atoms with E-state index in [1.54, 1.807) is 0 Å². The fourth-order valence-corrected chi connectivity index (χ4v) is 5.19. The first-order valence-electron chi connectivity index (χ1n) is 5.30. The maximum atomic E-state index is 7.22. The van der Waals surface area contributed by atoms with Crippen LogP contribution in [0.2, 0.25) is 0 Å². The summed E-state index contributed by atoms with van der Waals surface area (Å²) in [5.74, 6) is 5.68. The first kappa shape index (κ1) is 18.7. The van der Waals surface area contributed by atoms with Crippen LogP contribution in [-0.2, 0) is 0 Å². The molecule has 0 aromatic carbocycles. The Morgan fingerprint density at radius 3 is 2.22 bits per heavy atom. The summed E-state index contributed by atoms with van der Waals surface area (Å²) in [6.07, 6.45) is 0. The van der Waals surface area contributed by atoms with Gasteiger partial charge in [0, 0.05) is 34.0 Å². The molecule has 0 spiro atoms. The zero-order chi connectivity index (χ0) is 13.8. The number of amidine groups is 2. The van der Waals surface area contributed by atoms with Gasteiger partial charge in [0.25, 0.3) is 0 Å². The molecule has 0 amide bonds. The average Bonchev–Trinajstić information content (AvgIpc) is 2.30. The molecule has 9 heteroatoms. The van der Waals surface area contributed by atoms with Gasteiger partial charge in [-0.1, -0.05) is 23.5 Å². The largest absolute Gasteiger partial charge is 0.379 e. The predicted molar refractivity (Wildman–Crippen MR) is 96.2 cm³/mol. The van der Waals surface area contributed by atoms with Crippen LogP contribution in [0.3, 0.4) is 0 Å². The molecule has 0 saturated carbocycles. The van der Waals surface area contributed by atoms with E-state index in [0.717, 1.165) is 34.5 Å². The number of nitrogens with two attached hydrogens (primary N) is 2. The van der Waals surface area contributed by atoms with Crippen LogP contribution in [0, 0.1) is 10.8 Å². The molecular formula is C9H20N4S5. The lowest BCUT2D eigenvalue weighted by Gasteiger charge is -2.14. The molecular weight excluding hydrogens is 324 g/mol. The highest BCUT2D eigenvalue weighted by atomic mass is 32.2. The second-order valence-electron chi connectivity index (χ2n) is 3.18. The van der Waals surface area contributed by atoms with Crippen LogP contribution in [0.4, 0.5) is 0 Å². The van der Waals surface area contributed by atoms with Crippen molar-refractivity contribution in [3.8, 4) is 0 Å². The van der Waals surface area contributed by atoms with E-state index in [2.05, 4.69) is 12.6 Å². The van der Waals surface area contributed by atoms with Crippen molar-refractivity contribution >= 4 is 70.0 Å². The van der Waals surface area contributed by atoms with E-state index in [0.29, 0.717) is 5.25 Å². The molecule has 1 unspecified atom stereocenters. The van der Waals surface area contributed by atoms with Crippen molar-refractivity contribution in [1.29, 1.82) is 10.8 Å². The highest BCUT2D eigenvalue weighted by Crippen LogP contribution is 2.21. The van der Waals surface area contributed by atoms with Gasteiger partial charge in [-0.3, -0.25) is 10.8 Å². The molecule has 0 aromatic rings. The predicted octanol–water partition coefficient (Wildman–Crippen LogP) is 2.00. The van der Waals surface area contributed by atoms with Gasteiger partial charge < -0.3 is 11.5 Å². The lowest BCUT2D eigenvalue weighted by Crippen LogP contribution is -2.16. The Bertz CT molecular complexity index is 251. The molecule has 0 saturated heterocycles. The van der Waals surface area contributed by atoms with Crippen molar-refractivity contribution in [2.75, 3.05) is 34.5 Å². The number of hydrogen-bond acceptors (Lipinski definition) is 7. The Hall–Kier alpha value is 0.690. The van der Waals surface area contributed by atoms with Crippen LogP contribution in [-0.4, -0.2) is 50.1 Å². The molecule has 0 radical (unpaired) electrons. The molecule has 0 aliphatic heterocycles. The minimum absolute atomic E-state index is 0.184. The Morgan fingerprint density at radius 1 is 1.00 bits per heavy atom. The standard InChI is InChI=1S/C9H20N4S5/c10-8(11)17-4-3-15-5-7(16-2-1-14)6-18-9(12)13/h7,14H,1-6H2,(H3,10,11)(H3,12,13). The van der Waals surface area contributed by atoms with Crippen molar-refractivity contribution in [2.45, 2.75) is 5.25 Å². The molecule has 0 heterocycles. The summed E-state index contributed by atoms with van der Waals surface area (Å²) >= 11 is 10.7. The normalized spacial score (nSPS) is 12.3. The second kappa shape index (κ2) is 12.7. The third-order valence-corrected chi connectivity index (χ3v) is 6.84. The smallest absolute Gasteiger partial charge is 0.151 e. The van der Waals surface area contributed by atoms with E-state index in [-0.39, 0.29) is 10.3 Å². The maximum absolute atomic E-state index is 7.22. The van der Waals surface area contributed by atoms with E-state index in [1.807, 2.05) is 23.5 Å². The fraction of sp³-hybridized carbons (Fsp3) is 0.778. The molecule has 6 N–H and O–H groups in total. The Labute approximate surface area is 131 Å². The molecule has 0 fully saturated rings. The number of nitrogens with one attached hydrogen (secondary N) is 2. The first-order chi connectivity index (χ1) is 8.56. The lowest BCUT2D eigenvalue weighted by atomic mass is 10.5. The molecule has 0 rings (SSSR count). The van der Waals surface area contributed by atoms with E-state index < -0.39 is 0 Å². The van der Waals surface area contributed by atoms with Crippen molar-refractivity contribution in [2.24, 2.45) is 11.5 Å². The van der Waals surface area contributed by atoms with Gasteiger partial charge in [0.1, 0.15) is 0 Å². The molecule has 0 bridgehead atoms. The molecule has 106 valence electrons. The first-order valence-corrected chi connectivity index (χ1v) is 10.1. The van der Waals surface area contributed by atoms with Gasteiger partial charge in [-0.2, -0.15) is 36.2 Å². The summed E-state index contributed by atoms with van der Waals surface area (Å²) in [4.78, 5) is 0. The van der Waals surface area contributed by atoms with E-state index in [1.165, 1.54) is 23.5 Å². The Kier molecular flexibility index (Phi) is 13.2. The zero-order valence-electron chi connectivity index (χ0n) is 10.1. The van der Waals surface area contributed by atoms with Crippen LogP contribution < -0.4 is 11.5 Å². The Balaban J connectivity index is 3.70. The molecule has 18 heavy (non-hydrogen) atoms. The summed E-state index contributed by atoms with van der Waals surface area (Å²) in [6, 6.07) is 0. The maximum Gasteiger partial charge on any atom is 0.151 e. The van der Waals surface area contributed by atoms with Gasteiger partial charge in [-0.15, -0.1) is 0 Å². The lowest BCUT2D eigenvalue weighted by molar-refractivity contribution is 1.15. The minimum Gasteiger partial charge on any atom is -0.379 e. The molecule has 4 nitrogen and oxygen atoms in total. The quantitative estimate of drug-likeness (QED) is 0.180. The minimum atomic E-state index is 0.184. The number of thioether (sulfide) groups is 4. The number of rotatable bonds is 10. The summed E-state index contributed by atoms with van der Waals surface area (Å²) in [7, 11) is 0. The van der Waals surface area contributed by atoms with E-state index in [4.69, 9.17) is 22.3 Å². The molecule has 1 atom stereocenters. The topological polar surface area (TPSA) is 99.7 Å². The van der Waals surface area contributed by atoms with Gasteiger partial charge in [-0.25, -0.2) is 0 Å². The number of thiol groups is 1. The fourth-order valence-electron chi connectivity index (χ4n) is 0.972. The van der Waals surface area contributed by atoms with Crippen molar-refractivity contribution in [1.82, 2.24) is 0 Å². The van der Waals surface area contributed by atoms with Crippen LogP contribution in [0.25, 0.3) is 0 Å². The van der Waals surface area contributed by atoms with Gasteiger partial charge in [0.15, 0.2) is 10.3 Å². The van der Waals surface area contributed by atoms with Crippen LogP contribution in [0.1, 0.15) is 0 Å². The average molecular weight is 345 g/mol. The number of hydrogen-bond donors (Lipinski definition) is 5. The second-order valence-corrected chi connectivity index (χ2v) is 8.38. The van der Waals surface area contributed by atoms with E-state index in [9.17, 15) is 0 Å². The Morgan fingerprint density at radius 2 is 1.67 bits per heavy atom. The third-order valence-electron chi connectivity index (χ3n) is 1.66. The van der Waals surface area contributed by atoms with Gasteiger partial charge in [0.2, 0.25) is 0 Å². The monoisotopic (exact) mass is 344 g/mol. The van der Waals surface area contributed by atoms with Gasteiger partial charge >= 0.3 is 0 Å². The molecule has 0 aliphatic rings. The summed E-state index contributed by atoms with van der Waals surface area (Å²) in [5, 5.41) is 15.2. The van der Waals surface area contributed by atoms with Gasteiger partial charge in [0.05, 0.1) is 0 Å². The van der Waals surface area contributed by atoms with Crippen molar-refractivity contribution < 1.29 is 0 Å². The van der Waals surface area contributed by atoms with Crippen LogP contribution >= 0.6 is 59.7 Å². The van der Waals surface area contributed by atoms with Crippen molar-refractivity contribution in [3.63, 3.8) is 0 Å². The highest BCUT2D eigenvalue weighted by molar-refractivity contribution is 8.15. The summed E-state index contributed by atoms with van der Waals surface area (Å²) < 4.78 is 0. The zero-order valence-corrected chi connectivity index (χ0v) is 14.2. The summed E-state index contributed by atoms with van der Waals surface area (Å²) in [6.45, 7) is 0. The molecule has 0 aromatic heterocycles. The summed E-state index contributed by atoms with van der Waals surface area (Å²) in [5.41, 5.74) is 10.6. The highest BCUT2D eigenvalue weighted by Gasteiger charge is 2.10. The van der Waals surface area contributed by atoms with Crippen LogP contribution in [0.15, 0.2) is 0 Å².